The van der Waals surface area contributed by atoms with E-state index < -0.39 is 0 Å². The van der Waals surface area contributed by atoms with Gasteiger partial charge < -0.3 is 19.9 Å². The van der Waals surface area contributed by atoms with Crippen molar-refractivity contribution in [2.24, 2.45) is 7.05 Å². The van der Waals surface area contributed by atoms with Crippen molar-refractivity contribution in [1.29, 1.82) is 0 Å². The molecule has 1 aromatic heterocycles. The van der Waals surface area contributed by atoms with Crippen molar-refractivity contribution in [1.82, 2.24) is 19.8 Å². The van der Waals surface area contributed by atoms with E-state index >= 15 is 0 Å². The lowest BCUT2D eigenvalue weighted by Crippen LogP contribution is -2.40. The number of carbonyl (C=O) groups is 1. The number of hydrogen-bond donors (Lipinski definition) is 2. The third-order valence-electron chi connectivity index (χ3n) is 4.72. The number of likely N-dealkylation sites (N-methyl/N-ethyl adjacent to an activating group) is 1. The molecule has 0 unspecified atom stereocenters. The van der Waals surface area contributed by atoms with Crippen LogP contribution in [0.2, 0.25) is 0 Å². The number of rotatable bonds is 5. The Morgan fingerprint density at radius 1 is 1.29 bits per heavy atom. The number of imidazole rings is 1. The van der Waals surface area contributed by atoms with Crippen molar-refractivity contribution >= 4 is 5.91 Å². The molecule has 0 bridgehead atoms. The quantitative estimate of drug-likeness (QED) is 0.846. The largest absolute Gasteiger partial charge is 0.392 e. The van der Waals surface area contributed by atoms with Gasteiger partial charge in [-0.15, -0.1) is 0 Å². The van der Waals surface area contributed by atoms with Crippen molar-refractivity contribution in [3.63, 3.8) is 0 Å². The summed E-state index contributed by atoms with van der Waals surface area (Å²) in [6.45, 7) is 1.67. The highest BCUT2D eigenvalue weighted by Gasteiger charge is 2.34. The van der Waals surface area contributed by atoms with Crippen LogP contribution in [0.3, 0.4) is 0 Å². The Kier molecular flexibility index (Phi) is 4.97. The molecule has 1 saturated heterocycles. The Bertz CT molecular complexity index is 713. The number of nitrogens with zero attached hydrogens (tertiary/aromatic N) is 3. The third kappa shape index (κ3) is 3.49. The fraction of sp³-hybridized carbons (Fsp3) is 0.444. The van der Waals surface area contributed by atoms with E-state index in [1.165, 1.54) is 0 Å². The second-order valence-corrected chi connectivity index (χ2v) is 6.53. The van der Waals surface area contributed by atoms with Gasteiger partial charge in [-0.3, -0.25) is 4.79 Å². The van der Waals surface area contributed by atoms with Gasteiger partial charge in [-0.2, -0.15) is 0 Å². The first-order valence-electron chi connectivity index (χ1n) is 8.20. The minimum absolute atomic E-state index is 0.0108. The van der Waals surface area contributed by atoms with Crippen LogP contribution in [0.5, 0.6) is 0 Å². The minimum Gasteiger partial charge on any atom is -0.392 e. The lowest BCUT2D eigenvalue weighted by molar-refractivity contribution is -0.121. The number of aliphatic hydroxyl groups excluding tert-OH is 1. The number of amides is 1. The second-order valence-electron chi connectivity index (χ2n) is 6.53. The molecule has 0 spiro atoms. The molecule has 2 aromatic rings. The van der Waals surface area contributed by atoms with Crippen LogP contribution in [0, 0.1) is 0 Å². The van der Waals surface area contributed by atoms with Gasteiger partial charge in [-0.1, -0.05) is 24.3 Å². The highest BCUT2D eigenvalue weighted by Crippen LogP contribution is 2.26. The molecule has 1 aliphatic heterocycles. The summed E-state index contributed by atoms with van der Waals surface area (Å²) in [5.74, 6) is 0.225. The van der Waals surface area contributed by atoms with Crippen LogP contribution in [-0.4, -0.2) is 51.6 Å². The number of nitrogens with one attached hydrogen (secondary N) is 1. The molecule has 1 fully saturated rings. The normalized spacial score (nSPS) is 21.1. The van der Waals surface area contributed by atoms with Crippen molar-refractivity contribution < 1.29 is 9.90 Å². The zero-order valence-electron chi connectivity index (χ0n) is 14.1. The lowest BCUT2D eigenvalue weighted by atomic mass is 9.99. The van der Waals surface area contributed by atoms with E-state index in [4.69, 9.17) is 0 Å². The van der Waals surface area contributed by atoms with Crippen LogP contribution in [0.1, 0.15) is 22.7 Å². The van der Waals surface area contributed by atoms with Gasteiger partial charge in [0.05, 0.1) is 25.4 Å². The number of aromatic nitrogens is 2. The van der Waals surface area contributed by atoms with Crippen LogP contribution < -0.4 is 5.32 Å². The number of likely N-dealkylation sites (tertiary alicyclic amines) is 1. The first-order chi connectivity index (χ1) is 11.6. The fourth-order valence-electron chi connectivity index (χ4n) is 3.49. The Hall–Kier alpha value is -2.18. The van der Waals surface area contributed by atoms with Crippen LogP contribution in [0.4, 0.5) is 0 Å². The Labute approximate surface area is 142 Å². The van der Waals surface area contributed by atoms with E-state index in [-0.39, 0.29) is 30.9 Å². The maximum absolute atomic E-state index is 12.5. The molecule has 0 aliphatic carbocycles. The predicted molar refractivity (Wildman–Crippen MR) is 91.4 cm³/mol. The molecule has 6 nitrogen and oxygen atoms in total. The monoisotopic (exact) mass is 328 g/mol. The molecule has 0 radical (unpaired) electrons. The summed E-state index contributed by atoms with van der Waals surface area (Å²) < 4.78 is 2.02. The molecule has 2 N–H and O–H groups in total. The van der Waals surface area contributed by atoms with Crippen LogP contribution >= 0.6 is 0 Å². The number of aryl methyl sites for hydroxylation is 1. The van der Waals surface area contributed by atoms with Gasteiger partial charge in [0.15, 0.2) is 0 Å². The van der Waals surface area contributed by atoms with Crippen molar-refractivity contribution in [2.45, 2.75) is 25.0 Å². The molecular formula is C18H24N4O2. The number of aliphatic hydroxyl groups is 1. The Morgan fingerprint density at radius 2 is 2.04 bits per heavy atom. The van der Waals surface area contributed by atoms with Gasteiger partial charge in [0.1, 0.15) is 0 Å². The van der Waals surface area contributed by atoms with Crippen molar-refractivity contribution in [3.8, 4) is 0 Å². The predicted octanol–water partition coefficient (Wildman–Crippen LogP) is 0.669. The smallest absolute Gasteiger partial charge is 0.224 e. The molecule has 2 atom stereocenters. The summed E-state index contributed by atoms with van der Waals surface area (Å²) >= 11 is 0. The molecule has 0 saturated carbocycles. The fourth-order valence-corrected chi connectivity index (χ4v) is 3.49. The zero-order chi connectivity index (χ0) is 17.1. The summed E-state index contributed by atoms with van der Waals surface area (Å²) in [7, 11) is 4.05. The van der Waals surface area contributed by atoms with E-state index in [1.54, 1.807) is 6.33 Å². The molecule has 3 rings (SSSR count). The Morgan fingerprint density at radius 3 is 2.71 bits per heavy atom. The zero-order valence-corrected chi connectivity index (χ0v) is 14.1. The summed E-state index contributed by atoms with van der Waals surface area (Å²) in [5, 5.41) is 12.6. The van der Waals surface area contributed by atoms with Gasteiger partial charge in [-0.05, 0) is 18.2 Å². The summed E-state index contributed by atoms with van der Waals surface area (Å²) in [4.78, 5) is 18.9. The molecule has 128 valence electrons. The summed E-state index contributed by atoms with van der Waals surface area (Å²) in [6, 6.07) is 7.58. The minimum atomic E-state index is -0.0483. The number of benzene rings is 1. The number of hydrogen-bond acceptors (Lipinski definition) is 4. The van der Waals surface area contributed by atoms with E-state index in [0.29, 0.717) is 0 Å². The summed E-state index contributed by atoms with van der Waals surface area (Å²) in [5.41, 5.74) is 2.82. The molecular weight excluding hydrogens is 304 g/mol. The standard InChI is InChI=1S/C18H24N4O2/c1-21-9-15(17-8-19-12-22(17)2)16(10-21)20-18(24)7-13-5-3-4-6-14(13)11-23/h3-6,8,12,15-16,23H,7,9-11H2,1-2H3,(H,20,24)/t15-,16-/m1/s1. The third-order valence-corrected chi connectivity index (χ3v) is 4.72. The average molecular weight is 328 g/mol. The van der Waals surface area contributed by atoms with Gasteiger partial charge in [0.25, 0.3) is 0 Å². The van der Waals surface area contributed by atoms with Gasteiger partial charge >= 0.3 is 0 Å². The van der Waals surface area contributed by atoms with E-state index in [1.807, 2.05) is 42.1 Å². The van der Waals surface area contributed by atoms with Gasteiger partial charge in [0.2, 0.25) is 5.91 Å². The van der Waals surface area contributed by atoms with Gasteiger partial charge in [0, 0.05) is 37.9 Å². The molecule has 24 heavy (non-hydrogen) atoms. The first kappa shape index (κ1) is 16.7. The van der Waals surface area contributed by atoms with Crippen molar-refractivity contribution in [2.75, 3.05) is 20.1 Å². The maximum Gasteiger partial charge on any atom is 0.224 e. The number of carbonyl (C=O) groups excluding carboxylic acids is 1. The SMILES string of the molecule is CN1C[C@@H](NC(=O)Cc2ccccc2CO)[C@H](c2cncn2C)C1. The Balaban J connectivity index is 1.70. The average Bonchev–Trinajstić information content (AvgIpc) is 3.13. The summed E-state index contributed by atoms with van der Waals surface area (Å²) in [6.07, 6.45) is 3.96. The first-order valence-corrected chi connectivity index (χ1v) is 8.20. The second kappa shape index (κ2) is 7.15. The topological polar surface area (TPSA) is 70.4 Å². The molecule has 1 amide bonds. The molecule has 6 heteroatoms. The van der Waals surface area contributed by atoms with Crippen LogP contribution in [0.15, 0.2) is 36.8 Å². The van der Waals surface area contributed by atoms with E-state index in [0.717, 1.165) is 29.9 Å². The maximum atomic E-state index is 12.5. The molecule has 1 aliphatic rings. The molecule has 2 heterocycles. The lowest BCUT2D eigenvalue weighted by Gasteiger charge is -2.20. The highest BCUT2D eigenvalue weighted by atomic mass is 16.3. The van der Waals surface area contributed by atoms with Crippen molar-refractivity contribution in [3.05, 3.63) is 53.6 Å². The molecule has 1 aromatic carbocycles. The highest BCUT2D eigenvalue weighted by molar-refractivity contribution is 5.79. The van der Waals surface area contributed by atoms with Crippen LogP contribution in [0.25, 0.3) is 0 Å². The van der Waals surface area contributed by atoms with E-state index in [9.17, 15) is 9.90 Å². The van der Waals surface area contributed by atoms with Gasteiger partial charge in [-0.25, -0.2) is 4.98 Å². The van der Waals surface area contributed by atoms with Crippen LogP contribution in [-0.2, 0) is 24.9 Å². The van der Waals surface area contributed by atoms with E-state index in [2.05, 4.69) is 22.2 Å².